The molecule has 1 N–H and O–H groups in total. The van der Waals surface area contributed by atoms with E-state index >= 15 is 0 Å². The number of rotatable bonds is 3. The number of hydrogen-bond donors (Lipinski definition) is 1. The highest BCUT2D eigenvalue weighted by Crippen LogP contribution is 2.23. The van der Waals surface area contributed by atoms with Crippen LogP contribution >= 0.6 is 15.9 Å². The number of carbonyl (C=O) groups is 1. The third-order valence-corrected chi connectivity index (χ3v) is 4.41. The number of hydrogen-bond acceptors (Lipinski definition) is 3. The Balaban J connectivity index is 2.13. The molecule has 0 spiro atoms. The monoisotopic (exact) mass is 322 g/mol. The number of nitrogens with zero attached hydrogens (tertiary/aromatic N) is 1. The topological polar surface area (TPSA) is 62.1 Å². The van der Waals surface area contributed by atoms with Crippen molar-refractivity contribution in [1.29, 1.82) is 5.26 Å². The first-order chi connectivity index (χ1) is 9.19. The second kappa shape index (κ2) is 6.18. The van der Waals surface area contributed by atoms with E-state index in [1.165, 1.54) is 0 Å². The second-order valence-electron chi connectivity index (χ2n) is 4.67. The van der Waals surface area contributed by atoms with Crippen molar-refractivity contribution in [2.24, 2.45) is 0 Å². The van der Waals surface area contributed by atoms with Crippen LogP contribution in [0.1, 0.15) is 28.8 Å². The molecule has 1 saturated heterocycles. The van der Waals surface area contributed by atoms with E-state index in [1.807, 2.05) is 6.07 Å². The Bertz CT molecular complexity index is 504. The first-order valence-corrected chi connectivity index (χ1v) is 7.28. The molecule has 0 atom stereocenters. The molecule has 0 saturated carbocycles. The molecule has 0 bridgehead atoms. The minimum absolute atomic E-state index is 0.140. The maximum Gasteiger partial charge on any atom is 0.251 e. The number of ether oxygens (including phenoxy) is 1. The standard InChI is InChI=1S/C14H15BrN2O2/c15-10-14(4-6-19-7-5-14)17-13(18)12-3-1-2-11(8-12)9-16/h1-3,8H,4-7,10H2,(H,17,18). The SMILES string of the molecule is N#Cc1cccc(C(=O)NC2(CBr)CCOCC2)c1. The molecule has 1 aromatic rings. The van der Waals surface area contributed by atoms with Crippen molar-refractivity contribution in [2.75, 3.05) is 18.5 Å². The van der Waals surface area contributed by atoms with Crippen LogP contribution in [0.3, 0.4) is 0 Å². The predicted molar refractivity (Wildman–Crippen MR) is 75.2 cm³/mol. The van der Waals surface area contributed by atoms with Gasteiger partial charge in [-0.3, -0.25) is 4.79 Å². The first kappa shape index (κ1) is 14.0. The van der Waals surface area contributed by atoms with Crippen LogP contribution < -0.4 is 5.32 Å². The van der Waals surface area contributed by atoms with Gasteiger partial charge in [-0.15, -0.1) is 0 Å². The van der Waals surface area contributed by atoms with E-state index in [4.69, 9.17) is 10.00 Å². The largest absolute Gasteiger partial charge is 0.381 e. The van der Waals surface area contributed by atoms with E-state index in [-0.39, 0.29) is 11.4 Å². The minimum Gasteiger partial charge on any atom is -0.381 e. The lowest BCUT2D eigenvalue weighted by Gasteiger charge is -2.36. The van der Waals surface area contributed by atoms with Gasteiger partial charge in [0.15, 0.2) is 0 Å². The summed E-state index contributed by atoms with van der Waals surface area (Å²) in [5.41, 5.74) is 0.760. The molecule has 0 unspecified atom stereocenters. The van der Waals surface area contributed by atoms with Crippen molar-refractivity contribution < 1.29 is 9.53 Å². The van der Waals surface area contributed by atoms with Gasteiger partial charge in [-0.2, -0.15) is 5.26 Å². The van der Waals surface area contributed by atoms with E-state index in [9.17, 15) is 4.79 Å². The average molecular weight is 323 g/mol. The molecule has 1 heterocycles. The van der Waals surface area contributed by atoms with Crippen molar-refractivity contribution in [1.82, 2.24) is 5.32 Å². The number of carbonyl (C=O) groups excluding carboxylic acids is 1. The van der Waals surface area contributed by atoms with Crippen LogP contribution in [0, 0.1) is 11.3 Å². The smallest absolute Gasteiger partial charge is 0.251 e. The summed E-state index contributed by atoms with van der Waals surface area (Å²) in [6.07, 6.45) is 1.59. The van der Waals surface area contributed by atoms with Gasteiger partial charge in [-0.25, -0.2) is 0 Å². The van der Waals surface area contributed by atoms with Gasteiger partial charge in [0.25, 0.3) is 5.91 Å². The van der Waals surface area contributed by atoms with Crippen molar-refractivity contribution in [2.45, 2.75) is 18.4 Å². The Kier molecular flexibility index (Phi) is 4.56. The lowest BCUT2D eigenvalue weighted by Crippen LogP contribution is -2.53. The predicted octanol–water partition coefficient (Wildman–Crippen LogP) is 2.23. The van der Waals surface area contributed by atoms with E-state index in [2.05, 4.69) is 21.2 Å². The number of benzene rings is 1. The summed E-state index contributed by atoms with van der Waals surface area (Å²) in [7, 11) is 0. The summed E-state index contributed by atoms with van der Waals surface area (Å²) in [4.78, 5) is 12.3. The number of nitriles is 1. The Morgan fingerprint density at radius 1 is 1.47 bits per heavy atom. The highest BCUT2D eigenvalue weighted by Gasteiger charge is 2.33. The molecule has 0 radical (unpaired) electrons. The molecule has 1 fully saturated rings. The van der Waals surface area contributed by atoms with Gasteiger partial charge >= 0.3 is 0 Å². The lowest BCUT2D eigenvalue weighted by atomic mass is 9.92. The lowest BCUT2D eigenvalue weighted by molar-refractivity contribution is 0.0442. The van der Waals surface area contributed by atoms with Crippen molar-refractivity contribution >= 4 is 21.8 Å². The summed E-state index contributed by atoms with van der Waals surface area (Å²) < 4.78 is 5.34. The van der Waals surface area contributed by atoms with Gasteiger partial charge in [-0.1, -0.05) is 22.0 Å². The van der Waals surface area contributed by atoms with Crippen LogP contribution in [-0.4, -0.2) is 30.0 Å². The van der Waals surface area contributed by atoms with Gasteiger partial charge in [0.05, 0.1) is 17.2 Å². The number of amides is 1. The van der Waals surface area contributed by atoms with Crippen LogP contribution in [-0.2, 0) is 4.74 Å². The Morgan fingerprint density at radius 3 is 2.84 bits per heavy atom. The van der Waals surface area contributed by atoms with Gasteiger partial charge in [-0.05, 0) is 31.0 Å². The maximum atomic E-state index is 12.3. The van der Waals surface area contributed by atoms with Crippen LogP contribution in [0.4, 0.5) is 0 Å². The molecule has 1 aliphatic heterocycles. The average Bonchev–Trinajstić information content (AvgIpc) is 2.48. The summed E-state index contributed by atoms with van der Waals surface area (Å²) in [6.45, 7) is 1.31. The molecule has 100 valence electrons. The van der Waals surface area contributed by atoms with E-state index in [0.29, 0.717) is 29.7 Å². The fourth-order valence-electron chi connectivity index (χ4n) is 2.10. The van der Waals surface area contributed by atoms with Crippen LogP contribution in [0.2, 0.25) is 0 Å². The highest BCUT2D eigenvalue weighted by molar-refractivity contribution is 9.09. The van der Waals surface area contributed by atoms with Gasteiger partial charge in [0, 0.05) is 24.1 Å². The van der Waals surface area contributed by atoms with E-state index in [0.717, 1.165) is 12.8 Å². The fourth-order valence-corrected chi connectivity index (χ4v) is 2.80. The molecule has 1 amide bonds. The molecular formula is C14H15BrN2O2. The fraction of sp³-hybridized carbons (Fsp3) is 0.429. The van der Waals surface area contributed by atoms with Crippen LogP contribution in [0.5, 0.6) is 0 Å². The first-order valence-electron chi connectivity index (χ1n) is 6.15. The third-order valence-electron chi connectivity index (χ3n) is 3.34. The molecule has 2 rings (SSSR count). The molecule has 0 aliphatic carbocycles. The van der Waals surface area contributed by atoms with Crippen molar-refractivity contribution in [3.8, 4) is 6.07 Å². The summed E-state index contributed by atoms with van der Waals surface area (Å²) >= 11 is 3.47. The number of nitrogens with one attached hydrogen (secondary N) is 1. The Labute approximate surface area is 120 Å². The molecule has 1 aromatic carbocycles. The maximum absolute atomic E-state index is 12.3. The van der Waals surface area contributed by atoms with Crippen molar-refractivity contribution in [3.05, 3.63) is 35.4 Å². The molecular weight excluding hydrogens is 308 g/mol. The summed E-state index contributed by atoms with van der Waals surface area (Å²) in [6, 6.07) is 8.77. The normalized spacial score (nSPS) is 17.5. The molecule has 1 aliphatic rings. The zero-order valence-corrected chi connectivity index (χ0v) is 12.1. The van der Waals surface area contributed by atoms with Crippen LogP contribution in [0.25, 0.3) is 0 Å². The minimum atomic E-state index is -0.252. The quantitative estimate of drug-likeness (QED) is 0.868. The van der Waals surface area contributed by atoms with Gasteiger partial charge < -0.3 is 10.1 Å². The van der Waals surface area contributed by atoms with Gasteiger partial charge in [0.1, 0.15) is 0 Å². The van der Waals surface area contributed by atoms with Crippen molar-refractivity contribution in [3.63, 3.8) is 0 Å². The van der Waals surface area contributed by atoms with Crippen LogP contribution in [0.15, 0.2) is 24.3 Å². The molecule has 19 heavy (non-hydrogen) atoms. The zero-order chi connectivity index (χ0) is 13.7. The van der Waals surface area contributed by atoms with E-state index in [1.54, 1.807) is 24.3 Å². The molecule has 4 nitrogen and oxygen atoms in total. The Morgan fingerprint density at radius 2 is 2.21 bits per heavy atom. The second-order valence-corrected chi connectivity index (χ2v) is 5.23. The Hall–Kier alpha value is -1.38. The number of halogens is 1. The highest BCUT2D eigenvalue weighted by atomic mass is 79.9. The summed E-state index contributed by atoms with van der Waals surface area (Å²) in [5, 5.41) is 12.6. The number of alkyl halides is 1. The zero-order valence-electron chi connectivity index (χ0n) is 10.5. The molecule has 0 aromatic heterocycles. The van der Waals surface area contributed by atoms with E-state index < -0.39 is 0 Å². The van der Waals surface area contributed by atoms with Gasteiger partial charge in [0.2, 0.25) is 0 Å². The summed E-state index contributed by atoms with van der Waals surface area (Å²) in [5.74, 6) is -0.140. The third kappa shape index (κ3) is 3.34. The molecule has 5 heteroatoms.